The van der Waals surface area contributed by atoms with Crippen molar-refractivity contribution in [3.63, 3.8) is 0 Å². The van der Waals surface area contributed by atoms with Crippen LogP contribution < -0.4 is 5.43 Å². The minimum Gasteiger partial charge on any atom is -0.320 e. The van der Waals surface area contributed by atoms with Crippen LogP contribution >= 0.6 is 0 Å². The lowest BCUT2D eigenvalue weighted by Gasteiger charge is -2.06. The van der Waals surface area contributed by atoms with Crippen molar-refractivity contribution in [1.29, 1.82) is 0 Å². The molecular weight excluding hydrogens is 222 g/mol. The molecule has 1 radical (unpaired) electrons. The molecule has 0 amide bonds. The van der Waals surface area contributed by atoms with E-state index in [9.17, 15) is 0 Å². The molecular formula is C15H14N3. The van der Waals surface area contributed by atoms with E-state index in [1.807, 2.05) is 24.3 Å². The average Bonchev–Trinajstić information content (AvgIpc) is 2.99. The Bertz CT molecular complexity index is 633. The SMILES string of the molecule is Cc1cn(-c2ccccc2)c(C)c1C1=N[N]C=C1. The lowest BCUT2D eigenvalue weighted by molar-refractivity contribution is 0.970. The Morgan fingerprint density at radius 1 is 1.06 bits per heavy atom. The second-order valence-corrected chi connectivity index (χ2v) is 4.39. The number of para-hydroxylation sites is 1. The van der Waals surface area contributed by atoms with E-state index in [0.29, 0.717) is 0 Å². The number of benzene rings is 1. The van der Waals surface area contributed by atoms with Crippen molar-refractivity contribution in [2.24, 2.45) is 5.10 Å². The van der Waals surface area contributed by atoms with Crippen molar-refractivity contribution >= 4 is 5.71 Å². The van der Waals surface area contributed by atoms with Crippen LogP contribution in [0.25, 0.3) is 5.69 Å². The zero-order valence-electron chi connectivity index (χ0n) is 10.5. The van der Waals surface area contributed by atoms with E-state index in [0.717, 1.165) is 5.71 Å². The number of hydrogen-bond donors (Lipinski definition) is 0. The van der Waals surface area contributed by atoms with Crippen molar-refractivity contribution < 1.29 is 0 Å². The van der Waals surface area contributed by atoms with Crippen molar-refractivity contribution in [2.45, 2.75) is 13.8 Å². The van der Waals surface area contributed by atoms with Gasteiger partial charge in [-0.05, 0) is 37.6 Å². The zero-order valence-corrected chi connectivity index (χ0v) is 10.5. The summed E-state index contributed by atoms with van der Waals surface area (Å²) in [5.41, 5.74) is 9.61. The molecule has 2 heterocycles. The summed E-state index contributed by atoms with van der Waals surface area (Å²) < 4.78 is 2.19. The van der Waals surface area contributed by atoms with Crippen LogP contribution in [0.15, 0.2) is 53.9 Å². The number of aryl methyl sites for hydroxylation is 1. The monoisotopic (exact) mass is 236 g/mol. The first-order chi connectivity index (χ1) is 8.77. The van der Waals surface area contributed by atoms with Crippen molar-refractivity contribution in [1.82, 2.24) is 9.99 Å². The summed E-state index contributed by atoms with van der Waals surface area (Å²) in [5.74, 6) is 0. The first-order valence-electron chi connectivity index (χ1n) is 5.96. The fourth-order valence-electron chi connectivity index (χ4n) is 2.37. The molecule has 0 N–H and O–H groups in total. The van der Waals surface area contributed by atoms with Crippen LogP contribution in [0.1, 0.15) is 16.8 Å². The lowest BCUT2D eigenvalue weighted by Crippen LogP contribution is -2.01. The molecule has 1 aliphatic rings. The molecule has 2 aromatic rings. The Labute approximate surface area is 106 Å². The molecule has 0 aliphatic carbocycles. The van der Waals surface area contributed by atoms with Gasteiger partial charge >= 0.3 is 0 Å². The highest BCUT2D eigenvalue weighted by atomic mass is 15.3. The summed E-state index contributed by atoms with van der Waals surface area (Å²) in [4.78, 5) is 0. The van der Waals surface area contributed by atoms with E-state index in [-0.39, 0.29) is 0 Å². The highest BCUT2D eigenvalue weighted by molar-refractivity contribution is 6.11. The van der Waals surface area contributed by atoms with Crippen molar-refractivity contribution in [3.05, 3.63) is 65.6 Å². The molecule has 0 saturated heterocycles. The van der Waals surface area contributed by atoms with Crippen LogP contribution in [0.3, 0.4) is 0 Å². The largest absolute Gasteiger partial charge is 0.320 e. The molecule has 3 heteroatoms. The maximum absolute atomic E-state index is 4.15. The Morgan fingerprint density at radius 2 is 1.83 bits per heavy atom. The third-order valence-electron chi connectivity index (χ3n) is 3.20. The molecule has 0 saturated carbocycles. The summed E-state index contributed by atoms with van der Waals surface area (Å²) in [6, 6.07) is 10.3. The van der Waals surface area contributed by atoms with Crippen LogP contribution in [0.2, 0.25) is 0 Å². The Balaban J connectivity index is 2.14. The van der Waals surface area contributed by atoms with Gasteiger partial charge in [0.2, 0.25) is 0 Å². The van der Waals surface area contributed by atoms with Crippen LogP contribution in [-0.2, 0) is 0 Å². The normalized spacial score (nSPS) is 13.6. The number of nitrogens with zero attached hydrogens (tertiary/aromatic N) is 3. The maximum Gasteiger partial charge on any atom is 0.0965 e. The first-order valence-corrected chi connectivity index (χ1v) is 5.96. The highest BCUT2D eigenvalue weighted by Crippen LogP contribution is 2.22. The fourth-order valence-corrected chi connectivity index (χ4v) is 2.37. The Morgan fingerprint density at radius 3 is 2.50 bits per heavy atom. The first kappa shape index (κ1) is 10.8. The van der Waals surface area contributed by atoms with E-state index in [1.54, 1.807) is 6.20 Å². The van der Waals surface area contributed by atoms with Gasteiger partial charge in [-0.2, -0.15) is 10.5 Å². The second-order valence-electron chi connectivity index (χ2n) is 4.39. The fraction of sp³-hybridized carbons (Fsp3) is 0.133. The van der Waals surface area contributed by atoms with Crippen LogP contribution in [0, 0.1) is 13.8 Å². The summed E-state index contributed by atoms with van der Waals surface area (Å²) in [6.07, 6.45) is 5.83. The van der Waals surface area contributed by atoms with Gasteiger partial charge in [0, 0.05) is 23.1 Å². The predicted molar refractivity (Wildman–Crippen MR) is 73.1 cm³/mol. The topological polar surface area (TPSA) is 31.4 Å². The number of hydrogen-bond acceptors (Lipinski definition) is 1. The Hall–Kier alpha value is -2.29. The summed E-state index contributed by atoms with van der Waals surface area (Å²) >= 11 is 0. The van der Waals surface area contributed by atoms with E-state index in [2.05, 4.69) is 47.3 Å². The Kier molecular flexibility index (Phi) is 2.52. The molecule has 0 atom stereocenters. The summed E-state index contributed by atoms with van der Waals surface area (Å²) in [6.45, 7) is 4.22. The second kappa shape index (κ2) is 4.18. The number of rotatable bonds is 2. The quantitative estimate of drug-likeness (QED) is 0.768. The molecule has 0 spiro atoms. The lowest BCUT2D eigenvalue weighted by atomic mass is 10.1. The molecule has 18 heavy (non-hydrogen) atoms. The van der Waals surface area contributed by atoms with Gasteiger partial charge in [-0.25, -0.2) is 0 Å². The summed E-state index contributed by atoms with van der Waals surface area (Å²) in [5, 5.41) is 4.15. The number of aromatic nitrogens is 1. The van der Waals surface area contributed by atoms with E-state index >= 15 is 0 Å². The minimum atomic E-state index is 0.944. The maximum atomic E-state index is 4.15. The van der Waals surface area contributed by atoms with Gasteiger partial charge < -0.3 is 4.57 Å². The van der Waals surface area contributed by atoms with Gasteiger partial charge in [0.15, 0.2) is 0 Å². The molecule has 0 fully saturated rings. The van der Waals surface area contributed by atoms with Gasteiger partial charge in [-0.3, -0.25) is 0 Å². The zero-order chi connectivity index (χ0) is 12.5. The molecule has 89 valence electrons. The average molecular weight is 236 g/mol. The molecule has 0 bridgehead atoms. The van der Waals surface area contributed by atoms with Crippen LogP contribution in [0.5, 0.6) is 0 Å². The van der Waals surface area contributed by atoms with Gasteiger partial charge in [0.1, 0.15) is 0 Å². The highest BCUT2D eigenvalue weighted by Gasteiger charge is 2.16. The third-order valence-corrected chi connectivity index (χ3v) is 3.20. The van der Waals surface area contributed by atoms with Crippen molar-refractivity contribution in [2.75, 3.05) is 0 Å². The molecule has 1 aromatic heterocycles. The molecule has 0 unspecified atom stereocenters. The van der Waals surface area contributed by atoms with Crippen molar-refractivity contribution in [3.8, 4) is 5.69 Å². The third kappa shape index (κ3) is 1.64. The van der Waals surface area contributed by atoms with E-state index < -0.39 is 0 Å². The van der Waals surface area contributed by atoms with Gasteiger partial charge in [0.25, 0.3) is 0 Å². The molecule has 3 rings (SSSR count). The van der Waals surface area contributed by atoms with Gasteiger partial charge in [-0.1, -0.05) is 18.2 Å². The summed E-state index contributed by atoms with van der Waals surface area (Å²) in [7, 11) is 0. The van der Waals surface area contributed by atoms with E-state index in [1.165, 1.54) is 22.5 Å². The van der Waals surface area contributed by atoms with Crippen LogP contribution in [0.4, 0.5) is 0 Å². The smallest absolute Gasteiger partial charge is 0.0965 e. The number of allylic oxidation sites excluding steroid dienone is 1. The van der Waals surface area contributed by atoms with Gasteiger partial charge in [0.05, 0.1) is 11.9 Å². The minimum absolute atomic E-state index is 0.944. The molecule has 1 aliphatic heterocycles. The predicted octanol–water partition coefficient (Wildman–Crippen LogP) is 2.93. The molecule has 3 nitrogen and oxygen atoms in total. The van der Waals surface area contributed by atoms with Gasteiger partial charge in [-0.15, -0.1) is 0 Å². The molecule has 1 aromatic carbocycles. The standard InChI is InChI=1S/C15H14N3/c1-11-10-18(13-6-4-3-5-7-13)12(2)15(11)14-8-9-16-17-14/h3-10H,1-2H3. The van der Waals surface area contributed by atoms with Crippen LogP contribution in [-0.4, -0.2) is 10.3 Å². The van der Waals surface area contributed by atoms with E-state index in [4.69, 9.17) is 0 Å².